The van der Waals surface area contributed by atoms with Crippen molar-refractivity contribution in [2.45, 2.75) is 19.6 Å². The number of aliphatic imine (C=N–C) groups is 1. The Balaban J connectivity index is 1.91. The van der Waals surface area contributed by atoms with E-state index in [1.54, 1.807) is 21.3 Å². The van der Waals surface area contributed by atoms with Gasteiger partial charge in [0.1, 0.15) is 5.75 Å². The molecule has 27 heavy (non-hydrogen) atoms. The minimum absolute atomic E-state index is 0.590. The molecule has 0 spiro atoms. The van der Waals surface area contributed by atoms with Crippen LogP contribution in [0.3, 0.4) is 0 Å². The molecule has 0 aliphatic rings. The molecule has 0 aliphatic heterocycles. The van der Waals surface area contributed by atoms with Crippen molar-refractivity contribution in [2.75, 3.05) is 39.8 Å². The highest BCUT2D eigenvalue weighted by Gasteiger charge is 2.05. The molecule has 2 aromatic rings. The predicted octanol–water partition coefficient (Wildman–Crippen LogP) is 3.44. The van der Waals surface area contributed by atoms with Crippen molar-refractivity contribution in [2.24, 2.45) is 4.99 Å². The summed E-state index contributed by atoms with van der Waals surface area (Å²) in [6.07, 6.45) is 0.859. The number of nitrogens with one attached hydrogen (secondary N) is 2. The first-order valence-corrected chi connectivity index (χ1v) is 9.02. The number of ether oxygens (including phenoxy) is 3. The second kappa shape index (κ2) is 11.9. The minimum Gasteiger partial charge on any atom is -0.493 e. The molecule has 0 aromatic heterocycles. The maximum absolute atomic E-state index is 5.74. The molecule has 0 radical (unpaired) electrons. The summed E-state index contributed by atoms with van der Waals surface area (Å²) in [4.78, 5) is 4.30. The van der Waals surface area contributed by atoms with Crippen LogP contribution in [-0.4, -0.2) is 40.4 Å². The zero-order valence-electron chi connectivity index (χ0n) is 16.3. The molecule has 0 saturated carbocycles. The molecular weight excluding hydrogens is 342 g/mol. The van der Waals surface area contributed by atoms with Gasteiger partial charge in [-0.15, -0.1) is 0 Å². The lowest BCUT2D eigenvalue weighted by atomic mass is 10.1. The molecule has 2 rings (SSSR count). The van der Waals surface area contributed by atoms with Gasteiger partial charge in [0.15, 0.2) is 5.96 Å². The minimum atomic E-state index is 0.590. The number of rotatable bonds is 10. The molecule has 0 aliphatic carbocycles. The Kier molecular flexibility index (Phi) is 9.17. The fourth-order valence-corrected chi connectivity index (χ4v) is 2.58. The van der Waals surface area contributed by atoms with Crippen molar-refractivity contribution in [1.29, 1.82) is 0 Å². The van der Waals surface area contributed by atoms with Crippen LogP contribution in [0.4, 0.5) is 5.69 Å². The van der Waals surface area contributed by atoms with Crippen LogP contribution in [0, 0.1) is 0 Å². The zero-order chi connectivity index (χ0) is 19.3. The van der Waals surface area contributed by atoms with E-state index in [1.165, 1.54) is 5.56 Å². The van der Waals surface area contributed by atoms with E-state index in [4.69, 9.17) is 14.2 Å². The topological polar surface area (TPSA) is 64.1 Å². The number of benzene rings is 2. The number of hydrogen-bond acceptors (Lipinski definition) is 4. The number of methoxy groups -OCH3 is 2. The highest BCUT2D eigenvalue weighted by atomic mass is 16.5. The van der Waals surface area contributed by atoms with E-state index < -0.39 is 0 Å². The smallest absolute Gasteiger partial charge is 0.195 e. The van der Waals surface area contributed by atoms with Crippen molar-refractivity contribution in [3.05, 3.63) is 59.7 Å². The van der Waals surface area contributed by atoms with Crippen molar-refractivity contribution in [1.82, 2.24) is 5.32 Å². The second-order valence-electron chi connectivity index (χ2n) is 5.98. The molecule has 0 heterocycles. The van der Waals surface area contributed by atoms with E-state index in [9.17, 15) is 0 Å². The summed E-state index contributed by atoms with van der Waals surface area (Å²) in [5.74, 6) is 1.51. The van der Waals surface area contributed by atoms with Crippen LogP contribution in [-0.2, 0) is 22.6 Å². The first-order chi connectivity index (χ1) is 13.3. The molecular formula is C21H29N3O3. The Morgan fingerprint density at radius 2 is 1.78 bits per heavy atom. The highest BCUT2D eigenvalue weighted by molar-refractivity contribution is 5.93. The van der Waals surface area contributed by atoms with Gasteiger partial charge in [-0.2, -0.15) is 0 Å². The van der Waals surface area contributed by atoms with E-state index in [2.05, 4.69) is 27.8 Å². The third-order valence-electron chi connectivity index (χ3n) is 3.95. The van der Waals surface area contributed by atoms with Gasteiger partial charge in [-0.1, -0.05) is 30.3 Å². The summed E-state index contributed by atoms with van der Waals surface area (Å²) >= 11 is 0. The molecule has 0 fully saturated rings. The zero-order valence-corrected chi connectivity index (χ0v) is 16.3. The molecule has 146 valence electrons. The van der Waals surface area contributed by atoms with Gasteiger partial charge in [0.2, 0.25) is 0 Å². The van der Waals surface area contributed by atoms with Crippen molar-refractivity contribution in [3.63, 3.8) is 0 Å². The number of hydrogen-bond donors (Lipinski definition) is 2. The van der Waals surface area contributed by atoms with Gasteiger partial charge in [0.05, 0.1) is 13.2 Å². The Bertz CT molecular complexity index is 719. The lowest BCUT2D eigenvalue weighted by Gasteiger charge is -2.15. The molecule has 0 atom stereocenters. The quantitative estimate of drug-likeness (QED) is 0.381. The van der Waals surface area contributed by atoms with Gasteiger partial charge >= 0.3 is 0 Å². The maximum atomic E-state index is 5.74. The lowest BCUT2D eigenvalue weighted by Crippen LogP contribution is -2.30. The third-order valence-corrected chi connectivity index (χ3v) is 3.95. The standard InChI is InChI=1S/C21H29N3O3/c1-22-21(23-15-17-8-4-5-9-18(17)16-26-3)24-19-10-6-11-20(14-19)27-13-7-12-25-2/h4-6,8-11,14H,7,12-13,15-16H2,1-3H3,(H2,22,23,24). The molecule has 0 saturated heterocycles. The second-order valence-corrected chi connectivity index (χ2v) is 5.98. The molecule has 2 aromatic carbocycles. The van der Waals surface area contributed by atoms with Crippen LogP contribution >= 0.6 is 0 Å². The summed E-state index contributed by atoms with van der Waals surface area (Å²) in [6.45, 7) is 2.57. The molecule has 0 unspecified atom stereocenters. The van der Waals surface area contributed by atoms with Gasteiger partial charge < -0.3 is 24.8 Å². The molecule has 0 bridgehead atoms. The largest absolute Gasteiger partial charge is 0.493 e. The lowest BCUT2D eigenvalue weighted by molar-refractivity contribution is 0.172. The molecule has 6 nitrogen and oxygen atoms in total. The average molecular weight is 371 g/mol. The van der Waals surface area contributed by atoms with Crippen LogP contribution in [0.2, 0.25) is 0 Å². The van der Waals surface area contributed by atoms with E-state index in [0.717, 1.165) is 23.4 Å². The van der Waals surface area contributed by atoms with Gasteiger partial charge in [0.25, 0.3) is 0 Å². The summed E-state index contributed by atoms with van der Waals surface area (Å²) in [6, 6.07) is 16.0. The number of guanidine groups is 1. The Hall–Kier alpha value is -2.57. The van der Waals surface area contributed by atoms with Gasteiger partial charge in [-0.25, -0.2) is 0 Å². The fourth-order valence-electron chi connectivity index (χ4n) is 2.58. The number of nitrogens with zero attached hydrogens (tertiary/aromatic N) is 1. The molecule has 2 N–H and O–H groups in total. The Morgan fingerprint density at radius 1 is 0.963 bits per heavy atom. The fraction of sp³-hybridized carbons (Fsp3) is 0.381. The highest BCUT2D eigenvalue weighted by Crippen LogP contribution is 2.17. The van der Waals surface area contributed by atoms with E-state index >= 15 is 0 Å². The Morgan fingerprint density at radius 3 is 2.52 bits per heavy atom. The average Bonchev–Trinajstić information content (AvgIpc) is 2.70. The molecule has 0 amide bonds. The van der Waals surface area contributed by atoms with E-state index in [0.29, 0.717) is 32.3 Å². The maximum Gasteiger partial charge on any atom is 0.195 e. The van der Waals surface area contributed by atoms with E-state index in [1.807, 2.05) is 36.4 Å². The molecule has 6 heteroatoms. The van der Waals surface area contributed by atoms with Crippen molar-refractivity contribution >= 4 is 11.6 Å². The van der Waals surface area contributed by atoms with Crippen LogP contribution in [0.1, 0.15) is 17.5 Å². The summed E-state index contributed by atoms with van der Waals surface area (Å²) < 4.78 is 16.0. The Labute approximate surface area is 161 Å². The van der Waals surface area contributed by atoms with Gasteiger partial charge in [0, 0.05) is 52.6 Å². The first-order valence-electron chi connectivity index (χ1n) is 9.02. The third kappa shape index (κ3) is 7.29. The van der Waals surface area contributed by atoms with Crippen molar-refractivity contribution < 1.29 is 14.2 Å². The van der Waals surface area contributed by atoms with Crippen LogP contribution in [0.25, 0.3) is 0 Å². The van der Waals surface area contributed by atoms with Crippen LogP contribution < -0.4 is 15.4 Å². The predicted molar refractivity (Wildman–Crippen MR) is 109 cm³/mol. The summed E-state index contributed by atoms with van der Waals surface area (Å²) in [5.41, 5.74) is 3.25. The van der Waals surface area contributed by atoms with Crippen LogP contribution in [0.15, 0.2) is 53.5 Å². The van der Waals surface area contributed by atoms with E-state index in [-0.39, 0.29) is 0 Å². The first kappa shape index (κ1) is 20.7. The number of anilines is 1. The monoisotopic (exact) mass is 371 g/mol. The van der Waals surface area contributed by atoms with Crippen molar-refractivity contribution in [3.8, 4) is 5.75 Å². The van der Waals surface area contributed by atoms with Gasteiger partial charge in [-0.3, -0.25) is 4.99 Å². The normalized spacial score (nSPS) is 11.3. The SMILES string of the molecule is CN=C(NCc1ccccc1COC)Nc1cccc(OCCCOC)c1. The summed E-state index contributed by atoms with van der Waals surface area (Å²) in [7, 11) is 5.15. The van der Waals surface area contributed by atoms with Crippen LogP contribution in [0.5, 0.6) is 5.75 Å². The van der Waals surface area contributed by atoms with Gasteiger partial charge in [-0.05, 0) is 23.3 Å². The summed E-state index contributed by atoms with van der Waals surface area (Å²) in [5, 5.41) is 6.63.